The molecule has 0 atom stereocenters. The number of para-hydroxylation sites is 8. The Hall–Kier alpha value is -19.0. The van der Waals surface area contributed by atoms with E-state index in [4.69, 9.17) is 19.9 Å². The maximum absolute atomic E-state index is 5.13. The van der Waals surface area contributed by atoms with Crippen LogP contribution in [0.4, 0.5) is 0 Å². The van der Waals surface area contributed by atoms with Gasteiger partial charge in [-0.25, -0.2) is 19.9 Å². The molecule has 12 heteroatoms. The summed E-state index contributed by atoms with van der Waals surface area (Å²) in [5, 5.41) is 20.2. The number of fused-ring (bicyclic) bond motifs is 36. The van der Waals surface area contributed by atoms with Crippen molar-refractivity contribution in [1.82, 2.24) is 55.1 Å². The van der Waals surface area contributed by atoms with Crippen molar-refractivity contribution in [3.8, 4) is 66.8 Å². The number of nitrogens with zero attached hydrogens (tertiary/aromatic N) is 12. The normalized spacial score (nSPS) is 12.3. The fourth-order valence-electron chi connectivity index (χ4n) is 23.9. The van der Waals surface area contributed by atoms with Crippen molar-refractivity contribution in [1.29, 1.82) is 0 Å². The summed E-state index contributed by atoms with van der Waals surface area (Å²) in [5.41, 5.74) is 40.5. The average molecular weight is 1840 g/mol. The van der Waals surface area contributed by atoms with Gasteiger partial charge in [0.05, 0.1) is 110 Å². The van der Waals surface area contributed by atoms with Crippen LogP contribution in [0.3, 0.4) is 0 Å². The lowest BCUT2D eigenvalue weighted by molar-refractivity contribution is 0.867. The standard InChI is InChI=1S/2C35H21N3.C32H23N3.C30H19N3/c1-2-10-22(11-3-1)26-14-6-7-15-27(26)25-19-29-28-18-23-12-4-5-13-24(23)20-32(28)38-34(29)33(21-25)37-31-17-9-8-16-30(31)36-35(37)38;1-2-9-22(10-3-1)23-13-8-14-24(17-23)27-19-29-28-18-25-11-4-5-12-26(25)20-32(28)38-34(29)33(21-27)37-31-16-7-6-15-30(31)36-35(37)38;1-19(2)20-11-13-21(14-12-20)24-16-26-25-15-22-7-3-4-8-23(22)17-29(25)35-31(26)30(18-24)34-28-10-6-5-9-27(28)33-32(34)35;1-18-10-12-19(13-11-18)22-15-24-23-14-20-6-2-3-7-21(20)16-27(23)33-29(24)28(17-22)32-26-9-5-4-8-25(26)31-30(32)33/h2*1-21H;3-19H,1-2H3;2-17H,1H3. The van der Waals surface area contributed by atoms with E-state index < -0.39 is 0 Å². The number of rotatable bonds is 7. The number of aromatic nitrogens is 12. The summed E-state index contributed by atoms with van der Waals surface area (Å²) in [5.74, 6) is 4.40. The first-order chi connectivity index (χ1) is 71.1. The monoisotopic (exact) mass is 1840 g/mol. The van der Waals surface area contributed by atoms with Gasteiger partial charge in [-0.2, -0.15) is 0 Å². The molecule has 0 radical (unpaired) electrons. The Balaban J connectivity index is 0.0000000877. The summed E-state index contributed by atoms with van der Waals surface area (Å²) in [6, 6.07) is 162. The van der Waals surface area contributed by atoms with E-state index >= 15 is 0 Å². The van der Waals surface area contributed by atoms with Crippen molar-refractivity contribution in [2.24, 2.45) is 0 Å². The van der Waals surface area contributed by atoms with E-state index in [1.807, 2.05) is 0 Å². The lowest BCUT2D eigenvalue weighted by Crippen LogP contribution is -1.88. The number of hydrogen-bond acceptors (Lipinski definition) is 4. The predicted octanol–water partition coefficient (Wildman–Crippen LogP) is 34.0. The van der Waals surface area contributed by atoms with Crippen LogP contribution in [-0.2, 0) is 0 Å². The van der Waals surface area contributed by atoms with Crippen LogP contribution >= 0.6 is 0 Å². The van der Waals surface area contributed by atoms with E-state index in [0.29, 0.717) is 5.92 Å². The van der Waals surface area contributed by atoms with Gasteiger partial charge in [0, 0.05) is 43.1 Å². The smallest absolute Gasteiger partial charge is 0.220 e. The number of aryl methyl sites for hydroxylation is 1. The molecule has 0 unspecified atom stereocenters. The van der Waals surface area contributed by atoms with E-state index in [0.717, 1.165) is 67.2 Å². The van der Waals surface area contributed by atoms with E-state index in [1.54, 1.807) is 0 Å². The lowest BCUT2D eigenvalue weighted by Gasteiger charge is -2.11. The number of imidazole rings is 8. The van der Waals surface area contributed by atoms with Crippen LogP contribution in [-0.4, -0.2) is 55.1 Å². The molecule has 144 heavy (non-hydrogen) atoms. The molecule has 0 fully saturated rings. The van der Waals surface area contributed by atoms with E-state index in [2.05, 4.69) is 505 Å². The molecule has 12 nitrogen and oxygen atoms in total. The molecule has 0 amide bonds. The molecular weight excluding hydrogens is 1750 g/mol. The molecule has 0 aliphatic rings. The number of benzene rings is 22. The molecule has 0 aliphatic heterocycles. The second-order valence-corrected chi connectivity index (χ2v) is 39.2. The second-order valence-electron chi connectivity index (χ2n) is 39.2. The molecule has 672 valence electrons. The van der Waals surface area contributed by atoms with Gasteiger partial charge < -0.3 is 0 Å². The zero-order chi connectivity index (χ0) is 94.5. The molecule has 0 bridgehead atoms. The predicted molar refractivity (Wildman–Crippen MR) is 601 cm³/mol. The van der Waals surface area contributed by atoms with Crippen molar-refractivity contribution >= 4 is 220 Å². The molecule has 0 aliphatic carbocycles. The van der Waals surface area contributed by atoms with Crippen molar-refractivity contribution in [2.45, 2.75) is 26.7 Å². The largest absolute Gasteiger partial charge is 0.277 e. The molecule has 0 saturated heterocycles. The van der Waals surface area contributed by atoms with Gasteiger partial charge in [0.1, 0.15) is 0 Å². The second kappa shape index (κ2) is 30.5. The minimum atomic E-state index is 0.523. The molecule has 34 rings (SSSR count). The Labute approximate surface area is 822 Å². The van der Waals surface area contributed by atoms with E-state index in [-0.39, 0.29) is 0 Å². The Kier molecular flexibility index (Phi) is 16.9. The molecule has 0 saturated carbocycles. The summed E-state index contributed by atoms with van der Waals surface area (Å²) in [7, 11) is 0. The summed E-state index contributed by atoms with van der Waals surface area (Å²) in [4.78, 5) is 20.4. The molecule has 22 aromatic carbocycles. The molecule has 12 aromatic heterocycles. The highest BCUT2D eigenvalue weighted by molar-refractivity contribution is 6.25. The lowest BCUT2D eigenvalue weighted by atomic mass is 9.93. The quantitative estimate of drug-likeness (QED) is 0.159. The van der Waals surface area contributed by atoms with Crippen molar-refractivity contribution in [3.63, 3.8) is 0 Å². The van der Waals surface area contributed by atoms with Gasteiger partial charge in [-0.3, -0.25) is 35.2 Å². The third-order valence-corrected chi connectivity index (χ3v) is 30.7. The minimum Gasteiger partial charge on any atom is -0.277 e. The van der Waals surface area contributed by atoms with Crippen LogP contribution in [0.2, 0.25) is 0 Å². The Morgan fingerprint density at radius 2 is 0.424 bits per heavy atom. The van der Waals surface area contributed by atoms with E-state index in [1.165, 1.54) is 230 Å². The summed E-state index contributed by atoms with van der Waals surface area (Å²) < 4.78 is 18.7. The SMILES string of the molecule is CC(C)c1ccc(-c2cc3c4cc5ccccc5cc4n4c3c(c2)n2c3ccccc3nc24)cc1.Cc1ccc(-c2cc3c4cc5ccccc5cc4n4c3c(c2)n2c3ccccc3nc24)cc1.c1ccc(-c2cccc(-c3cc4c5cc6ccccc6cc5n5c4c(c3)n3c4ccccc4nc35)c2)cc1.c1ccc(-c2ccccc2-c2cc3c4cc5ccccc5cc4n4c3c(c2)n2c3ccccc3nc24)cc1. The molecular formula is C132H84N12. The van der Waals surface area contributed by atoms with Crippen molar-refractivity contribution < 1.29 is 0 Å². The molecule has 12 heterocycles. The Bertz CT molecular complexity index is 11300. The first kappa shape index (κ1) is 80.0. The van der Waals surface area contributed by atoms with Crippen molar-refractivity contribution in [3.05, 3.63) is 460 Å². The van der Waals surface area contributed by atoms with Gasteiger partial charge in [-0.05, 0) is 280 Å². The van der Waals surface area contributed by atoms with Gasteiger partial charge in [0.2, 0.25) is 23.1 Å². The van der Waals surface area contributed by atoms with Crippen LogP contribution in [0.1, 0.15) is 30.9 Å². The third kappa shape index (κ3) is 11.8. The van der Waals surface area contributed by atoms with Crippen LogP contribution in [0.5, 0.6) is 0 Å². The zero-order valence-electron chi connectivity index (χ0n) is 78.7. The summed E-state index contributed by atoms with van der Waals surface area (Å²) >= 11 is 0. The summed E-state index contributed by atoms with van der Waals surface area (Å²) in [6.07, 6.45) is 0. The van der Waals surface area contributed by atoms with Crippen LogP contribution < -0.4 is 0 Å². The zero-order valence-corrected chi connectivity index (χ0v) is 78.7. The molecule has 0 spiro atoms. The molecule has 34 aromatic rings. The van der Waals surface area contributed by atoms with Gasteiger partial charge >= 0.3 is 0 Å². The molecule has 0 N–H and O–H groups in total. The topological polar surface area (TPSA) is 86.8 Å². The first-order valence-electron chi connectivity index (χ1n) is 49.6. The van der Waals surface area contributed by atoms with Gasteiger partial charge in [-0.1, -0.05) is 317 Å². The third-order valence-electron chi connectivity index (χ3n) is 30.7. The van der Waals surface area contributed by atoms with Gasteiger partial charge in [0.25, 0.3) is 0 Å². The van der Waals surface area contributed by atoms with Gasteiger partial charge in [-0.15, -0.1) is 0 Å². The minimum absolute atomic E-state index is 0.523. The first-order valence-corrected chi connectivity index (χ1v) is 49.6. The Morgan fingerprint density at radius 1 is 0.167 bits per heavy atom. The highest BCUT2D eigenvalue weighted by Crippen LogP contribution is 2.49. The fourth-order valence-corrected chi connectivity index (χ4v) is 23.9. The Morgan fingerprint density at radius 3 is 0.771 bits per heavy atom. The summed E-state index contributed by atoms with van der Waals surface area (Å²) in [6.45, 7) is 6.62. The number of hydrogen-bond donors (Lipinski definition) is 0. The fraction of sp³-hybridized carbons (Fsp3) is 0.0303. The van der Waals surface area contributed by atoms with Crippen LogP contribution in [0, 0.1) is 6.92 Å². The maximum Gasteiger partial charge on any atom is 0.220 e. The highest BCUT2D eigenvalue weighted by Gasteiger charge is 2.30. The van der Waals surface area contributed by atoms with Crippen LogP contribution in [0.25, 0.3) is 286 Å². The average Bonchev–Trinajstić information content (AvgIpc) is 1.53. The highest BCUT2D eigenvalue weighted by atomic mass is 15.2. The van der Waals surface area contributed by atoms with E-state index in [9.17, 15) is 0 Å². The van der Waals surface area contributed by atoms with Gasteiger partial charge in [0.15, 0.2) is 0 Å². The maximum atomic E-state index is 5.13. The van der Waals surface area contributed by atoms with Crippen molar-refractivity contribution in [2.75, 3.05) is 0 Å². The van der Waals surface area contributed by atoms with Crippen LogP contribution in [0.15, 0.2) is 449 Å².